The summed E-state index contributed by atoms with van der Waals surface area (Å²) in [6.07, 6.45) is 0. The van der Waals surface area contributed by atoms with Crippen LogP contribution < -0.4 is 15.9 Å². The van der Waals surface area contributed by atoms with Gasteiger partial charge in [-0.1, -0.05) is 10.5 Å². The second-order valence-corrected chi connectivity index (χ2v) is 2.81. The highest BCUT2D eigenvalue weighted by molar-refractivity contribution is 5.39. The third-order valence-corrected chi connectivity index (χ3v) is 1.80. The first-order chi connectivity index (χ1) is 9.19. The minimum Gasteiger partial charge on any atom is -0.277 e. The van der Waals surface area contributed by atoms with Crippen molar-refractivity contribution < 1.29 is 24.2 Å². The molecule has 1 N–H and O–H groups in total. The lowest BCUT2D eigenvalue weighted by Crippen LogP contribution is -2.27. The first kappa shape index (κ1) is 15.3. The van der Waals surface area contributed by atoms with Crippen LogP contribution in [0.15, 0.2) is 0 Å². The summed E-state index contributed by atoms with van der Waals surface area (Å²) in [5, 5.41) is 1.94. The Labute approximate surface area is 109 Å². The van der Waals surface area contributed by atoms with Gasteiger partial charge in [-0.05, 0) is 0 Å². The largest absolute Gasteiger partial charge is 0.284 e. The van der Waals surface area contributed by atoms with E-state index in [-0.39, 0.29) is 17.8 Å². The Bertz CT molecular complexity index is 356. The van der Waals surface area contributed by atoms with Gasteiger partial charge in [0.05, 0.1) is 35.5 Å². The highest BCUT2D eigenvalue weighted by atomic mass is 16.9. The predicted octanol–water partition coefficient (Wildman–Crippen LogP) is -0.297. The molecule has 0 fully saturated rings. The molecule has 0 bridgehead atoms. The summed E-state index contributed by atoms with van der Waals surface area (Å²) in [4.78, 5) is 36.4. The van der Waals surface area contributed by atoms with Crippen molar-refractivity contribution in [1.82, 2.24) is 15.0 Å². The van der Waals surface area contributed by atoms with Crippen molar-refractivity contribution in [2.45, 2.75) is 0 Å². The Morgan fingerprint density at radius 2 is 1.16 bits per heavy atom. The van der Waals surface area contributed by atoms with E-state index in [1.54, 1.807) is 0 Å². The van der Waals surface area contributed by atoms with Crippen LogP contribution in [0.25, 0.3) is 0 Å². The van der Waals surface area contributed by atoms with Crippen LogP contribution in [0.1, 0.15) is 0 Å². The lowest BCUT2D eigenvalue weighted by atomic mass is 10.8. The van der Waals surface area contributed by atoms with Gasteiger partial charge < -0.3 is 0 Å². The second-order valence-electron chi connectivity index (χ2n) is 2.81. The van der Waals surface area contributed by atoms with Crippen molar-refractivity contribution in [2.75, 3.05) is 51.5 Å². The van der Waals surface area contributed by atoms with Gasteiger partial charge in [0, 0.05) is 0 Å². The third kappa shape index (κ3) is 3.84. The molecule has 0 saturated heterocycles. The average molecular weight is 276 g/mol. The number of hydrogen-bond acceptors (Lipinski definition) is 11. The Kier molecular flexibility index (Phi) is 6.11. The molecule has 1 heterocycles. The molecule has 0 aliphatic rings. The van der Waals surface area contributed by atoms with Crippen molar-refractivity contribution in [1.29, 1.82) is 0 Å². The first-order valence-corrected chi connectivity index (χ1v) is 5.01. The van der Waals surface area contributed by atoms with E-state index in [2.05, 4.69) is 20.4 Å². The van der Waals surface area contributed by atoms with Crippen LogP contribution in [-0.2, 0) is 24.2 Å². The molecule has 0 aliphatic carbocycles. The van der Waals surface area contributed by atoms with E-state index in [0.29, 0.717) is 0 Å². The van der Waals surface area contributed by atoms with Gasteiger partial charge in [0.2, 0.25) is 0 Å². The molecular formula is C8H16N6O5. The zero-order valence-electron chi connectivity index (χ0n) is 11.3. The molecular weight excluding hydrogens is 260 g/mol. The van der Waals surface area contributed by atoms with Crippen molar-refractivity contribution in [3.8, 4) is 0 Å². The summed E-state index contributed by atoms with van der Waals surface area (Å²) in [6, 6.07) is 0. The first-order valence-electron chi connectivity index (χ1n) is 5.01. The lowest BCUT2D eigenvalue weighted by Gasteiger charge is -2.19. The van der Waals surface area contributed by atoms with Gasteiger partial charge in [0.15, 0.2) is 0 Å². The van der Waals surface area contributed by atoms with Crippen molar-refractivity contribution in [3.05, 3.63) is 0 Å². The van der Waals surface area contributed by atoms with E-state index in [1.807, 2.05) is 0 Å². The van der Waals surface area contributed by atoms with Gasteiger partial charge in [-0.15, -0.1) is 0 Å². The van der Waals surface area contributed by atoms with Crippen LogP contribution in [0.3, 0.4) is 0 Å². The average Bonchev–Trinajstić information content (AvgIpc) is 2.42. The second kappa shape index (κ2) is 7.60. The quantitative estimate of drug-likeness (QED) is 0.633. The topological polar surface area (TPSA) is 103 Å². The van der Waals surface area contributed by atoms with E-state index in [9.17, 15) is 0 Å². The van der Waals surface area contributed by atoms with E-state index < -0.39 is 0 Å². The number of nitrogens with one attached hydrogen (secondary N) is 1. The molecule has 1 aromatic heterocycles. The summed E-state index contributed by atoms with van der Waals surface area (Å²) in [5.41, 5.74) is 2.46. The van der Waals surface area contributed by atoms with Crippen LogP contribution in [0.5, 0.6) is 0 Å². The Morgan fingerprint density at radius 1 is 0.737 bits per heavy atom. The molecule has 19 heavy (non-hydrogen) atoms. The number of aromatic nitrogens is 3. The molecule has 0 aromatic carbocycles. The molecule has 11 heteroatoms. The smallest absolute Gasteiger partial charge is 0.277 e. The summed E-state index contributed by atoms with van der Waals surface area (Å²) in [6.45, 7) is 0. The maximum absolute atomic E-state index is 4.91. The number of anilines is 3. The molecule has 108 valence electrons. The van der Waals surface area contributed by atoms with Crippen LogP contribution >= 0.6 is 0 Å². The molecule has 0 atom stereocenters. The fourth-order valence-electron chi connectivity index (χ4n) is 1.13. The fourth-order valence-corrected chi connectivity index (χ4v) is 1.13. The van der Waals surface area contributed by atoms with E-state index in [1.165, 1.54) is 35.5 Å². The predicted molar refractivity (Wildman–Crippen MR) is 63.5 cm³/mol. The summed E-state index contributed by atoms with van der Waals surface area (Å²) >= 11 is 0. The molecule has 0 radical (unpaired) electrons. The highest BCUT2D eigenvalue weighted by Crippen LogP contribution is 2.16. The molecule has 0 amide bonds. The zero-order chi connectivity index (χ0) is 14.3. The van der Waals surface area contributed by atoms with Crippen LogP contribution in [0.4, 0.5) is 17.8 Å². The van der Waals surface area contributed by atoms with Crippen molar-refractivity contribution >= 4 is 17.8 Å². The van der Waals surface area contributed by atoms with Crippen molar-refractivity contribution in [3.63, 3.8) is 0 Å². The highest BCUT2D eigenvalue weighted by Gasteiger charge is 2.18. The molecule has 1 rings (SSSR count). The number of rotatable bonds is 8. The van der Waals surface area contributed by atoms with Gasteiger partial charge in [-0.25, -0.2) is 24.8 Å². The van der Waals surface area contributed by atoms with Gasteiger partial charge >= 0.3 is 0 Å². The van der Waals surface area contributed by atoms with Crippen LogP contribution in [0.2, 0.25) is 0 Å². The van der Waals surface area contributed by atoms with Gasteiger partial charge in [-0.2, -0.15) is 15.0 Å². The summed E-state index contributed by atoms with van der Waals surface area (Å²) in [7, 11) is 6.97. The molecule has 1 aromatic rings. The minimum absolute atomic E-state index is 0.0636. The van der Waals surface area contributed by atoms with Crippen LogP contribution in [0, 0.1) is 0 Å². The molecule has 0 saturated carbocycles. The van der Waals surface area contributed by atoms with Gasteiger partial charge in [0.1, 0.15) is 0 Å². The fraction of sp³-hybridized carbons (Fsp3) is 0.625. The monoisotopic (exact) mass is 276 g/mol. The standard InChI is InChI=1S/C8H16N6O5/c1-15-12-6-9-7(13(16-2)17-3)11-8(10-6)14(18-4)19-5/h1-5H3,(H,9,10,11,12). The molecule has 11 nitrogen and oxygen atoms in total. The summed E-state index contributed by atoms with van der Waals surface area (Å²) in [5.74, 6) is 0.239. The maximum atomic E-state index is 4.91. The van der Waals surface area contributed by atoms with Crippen LogP contribution in [-0.4, -0.2) is 50.5 Å². The lowest BCUT2D eigenvalue weighted by molar-refractivity contribution is -0.0524. The normalized spacial score (nSPS) is 10.4. The Balaban J connectivity index is 3.16. The minimum atomic E-state index is 0.0636. The van der Waals surface area contributed by atoms with E-state index in [4.69, 9.17) is 24.2 Å². The molecule has 0 unspecified atom stereocenters. The van der Waals surface area contributed by atoms with Crippen molar-refractivity contribution in [2.24, 2.45) is 0 Å². The number of hydrogen-bond donors (Lipinski definition) is 1. The molecule has 0 spiro atoms. The van der Waals surface area contributed by atoms with Gasteiger partial charge in [0.25, 0.3) is 17.8 Å². The maximum Gasteiger partial charge on any atom is 0.284 e. The van der Waals surface area contributed by atoms with E-state index in [0.717, 1.165) is 10.5 Å². The number of nitrogens with zero attached hydrogens (tertiary/aromatic N) is 5. The Morgan fingerprint density at radius 3 is 1.47 bits per heavy atom. The van der Waals surface area contributed by atoms with Gasteiger partial charge in [-0.3, -0.25) is 4.84 Å². The Hall–Kier alpha value is -1.79. The zero-order valence-corrected chi connectivity index (χ0v) is 11.3. The molecule has 0 aliphatic heterocycles. The SMILES string of the molecule is CONc1nc(N(OC)OC)nc(N(OC)OC)n1. The third-order valence-electron chi connectivity index (χ3n) is 1.80. The van der Waals surface area contributed by atoms with E-state index >= 15 is 0 Å². The summed E-state index contributed by atoms with van der Waals surface area (Å²) < 4.78 is 0.